The van der Waals surface area contributed by atoms with Crippen LogP contribution in [0.15, 0.2) is 84.9 Å². The smallest absolute Gasteiger partial charge is 0.273 e. The lowest BCUT2D eigenvalue weighted by Crippen LogP contribution is -2.52. The van der Waals surface area contributed by atoms with Gasteiger partial charge in [-0.3, -0.25) is 39.4 Å². The second-order valence-corrected chi connectivity index (χ2v) is 10.1. The van der Waals surface area contributed by atoms with Gasteiger partial charge in [0.15, 0.2) is 5.78 Å². The molecular formula is C30H24N4O9. The Morgan fingerprint density at radius 1 is 0.837 bits per heavy atom. The largest absolute Gasteiger partial charge is 0.457 e. The molecule has 13 heteroatoms. The van der Waals surface area contributed by atoms with Crippen LogP contribution in [0.3, 0.4) is 0 Å². The Hall–Kier alpha value is -5.72. The van der Waals surface area contributed by atoms with E-state index in [1.165, 1.54) is 60.7 Å². The molecule has 3 aromatic carbocycles. The van der Waals surface area contributed by atoms with E-state index in [4.69, 9.17) is 4.74 Å². The first-order valence-corrected chi connectivity index (χ1v) is 13.2. The first-order valence-electron chi connectivity index (χ1n) is 13.2. The number of carbonyl (C=O) groups excluding carboxylic acids is 4. The monoisotopic (exact) mass is 584 g/mol. The van der Waals surface area contributed by atoms with Crippen LogP contribution in [0.5, 0.6) is 11.5 Å². The summed E-state index contributed by atoms with van der Waals surface area (Å²) in [6.45, 7) is 1.15. The summed E-state index contributed by atoms with van der Waals surface area (Å²) in [6, 6.07) is 15.9. The highest BCUT2D eigenvalue weighted by molar-refractivity contribution is 6.10. The Bertz CT molecular complexity index is 1650. The maximum atomic E-state index is 13.7. The van der Waals surface area contributed by atoms with E-state index in [0.29, 0.717) is 17.9 Å². The Labute approximate surface area is 244 Å². The molecule has 13 nitrogen and oxygen atoms in total. The number of non-ortho nitro benzene ring substituents is 2. The van der Waals surface area contributed by atoms with E-state index < -0.39 is 51.7 Å². The van der Waals surface area contributed by atoms with Gasteiger partial charge in [-0.05, 0) is 60.9 Å². The number of rotatable bonds is 9. The second kappa shape index (κ2) is 11.6. The van der Waals surface area contributed by atoms with Crippen molar-refractivity contribution in [3.8, 4) is 11.5 Å². The Balaban J connectivity index is 1.39. The molecule has 1 aliphatic carbocycles. The third-order valence-electron chi connectivity index (χ3n) is 7.40. The number of carbonyl (C=O) groups is 4. The lowest BCUT2D eigenvalue weighted by molar-refractivity contribution is -0.385. The molecule has 1 heterocycles. The fourth-order valence-corrected chi connectivity index (χ4v) is 5.19. The molecule has 1 aliphatic heterocycles. The zero-order valence-electron chi connectivity index (χ0n) is 22.7. The summed E-state index contributed by atoms with van der Waals surface area (Å²) in [5, 5.41) is 23.5. The lowest BCUT2D eigenvalue weighted by Gasteiger charge is -2.30. The Morgan fingerprint density at radius 2 is 1.35 bits per heavy atom. The number of nitrogens with zero attached hydrogens (tertiary/aromatic N) is 4. The number of allylic oxidation sites excluding steroid dienone is 2. The Morgan fingerprint density at radius 3 is 1.88 bits per heavy atom. The molecule has 0 spiro atoms. The molecule has 1 fully saturated rings. The maximum Gasteiger partial charge on any atom is 0.273 e. The van der Waals surface area contributed by atoms with Crippen molar-refractivity contribution in [2.45, 2.75) is 13.3 Å². The maximum absolute atomic E-state index is 13.7. The van der Waals surface area contributed by atoms with E-state index in [-0.39, 0.29) is 28.4 Å². The minimum Gasteiger partial charge on any atom is -0.457 e. The van der Waals surface area contributed by atoms with Crippen molar-refractivity contribution in [1.29, 1.82) is 0 Å². The zero-order valence-corrected chi connectivity index (χ0v) is 22.7. The predicted molar refractivity (Wildman–Crippen MR) is 150 cm³/mol. The van der Waals surface area contributed by atoms with Gasteiger partial charge in [-0.25, -0.2) is 5.01 Å². The summed E-state index contributed by atoms with van der Waals surface area (Å²) in [5.41, 5.74) is -0.244. The van der Waals surface area contributed by atoms with Crippen molar-refractivity contribution in [1.82, 2.24) is 10.0 Å². The number of hydrazine groups is 1. The fraction of sp³-hybridized carbons (Fsp3) is 0.200. The molecule has 0 aromatic heterocycles. The van der Waals surface area contributed by atoms with Gasteiger partial charge in [0.05, 0.1) is 21.7 Å². The molecule has 0 saturated carbocycles. The van der Waals surface area contributed by atoms with Gasteiger partial charge in [0.2, 0.25) is 0 Å². The van der Waals surface area contributed by atoms with Crippen LogP contribution in [-0.4, -0.2) is 49.9 Å². The lowest BCUT2D eigenvalue weighted by atomic mass is 9.78. The van der Waals surface area contributed by atoms with E-state index >= 15 is 0 Å². The number of nitro benzene ring substituents is 2. The molecule has 43 heavy (non-hydrogen) atoms. The highest BCUT2D eigenvalue weighted by Crippen LogP contribution is 2.39. The van der Waals surface area contributed by atoms with Crippen LogP contribution in [0.1, 0.15) is 34.1 Å². The molecule has 3 aromatic rings. The summed E-state index contributed by atoms with van der Waals surface area (Å²) in [4.78, 5) is 74.8. The normalized spacial score (nSPS) is 19.1. The standard InChI is InChI=1S/C30H24N4O9/c1-18-3-2-4-25-27(18)30(38)32(29(25)37)31(28(36)20-5-9-21(10-6-20)33(39)40)17-26(35)19-7-13-23(14-8-19)43-24-15-11-22(12-16-24)34(41)42/h2-3,5-16,18,25,27H,4,17H2,1H3/t18-,25+,27+/m1/s1. The van der Waals surface area contributed by atoms with E-state index in [9.17, 15) is 39.4 Å². The van der Waals surface area contributed by atoms with Gasteiger partial charge in [0, 0.05) is 35.4 Å². The summed E-state index contributed by atoms with van der Waals surface area (Å²) < 4.78 is 5.68. The average Bonchev–Trinajstić information content (AvgIpc) is 3.26. The van der Waals surface area contributed by atoms with Crippen molar-refractivity contribution in [3.63, 3.8) is 0 Å². The van der Waals surface area contributed by atoms with Crippen molar-refractivity contribution in [3.05, 3.63) is 116 Å². The number of Topliss-reactive ketones (excluding diaryl/α,β-unsaturated/α-hetero) is 1. The number of imide groups is 1. The molecule has 1 saturated heterocycles. The van der Waals surface area contributed by atoms with Crippen LogP contribution in [0, 0.1) is 38.0 Å². The molecule has 0 radical (unpaired) electrons. The van der Waals surface area contributed by atoms with E-state index in [1.807, 2.05) is 12.2 Å². The minimum absolute atomic E-state index is 0.0492. The first-order chi connectivity index (χ1) is 20.5. The van der Waals surface area contributed by atoms with Crippen LogP contribution in [0.2, 0.25) is 0 Å². The van der Waals surface area contributed by atoms with Gasteiger partial charge in [0.1, 0.15) is 18.0 Å². The molecule has 5 rings (SSSR count). The highest BCUT2D eigenvalue weighted by atomic mass is 16.6. The topological polar surface area (TPSA) is 170 Å². The number of ketones is 1. The number of amides is 3. The van der Waals surface area contributed by atoms with Gasteiger partial charge in [-0.2, -0.15) is 5.01 Å². The van der Waals surface area contributed by atoms with E-state index in [1.54, 1.807) is 6.92 Å². The molecule has 3 atom stereocenters. The molecule has 218 valence electrons. The average molecular weight is 585 g/mol. The van der Waals surface area contributed by atoms with E-state index in [0.717, 1.165) is 22.2 Å². The summed E-state index contributed by atoms with van der Waals surface area (Å²) in [5.74, 6) is -3.57. The third kappa shape index (κ3) is 5.73. The molecule has 2 aliphatic rings. The number of ether oxygens (including phenoxy) is 1. The van der Waals surface area contributed by atoms with Gasteiger partial charge in [-0.1, -0.05) is 19.1 Å². The zero-order chi connectivity index (χ0) is 30.8. The van der Waals surface area contributed by atoms with Crippen LogP contribution < -0.4 is 4.74 Å². The third-order valence-corrected chi connectivity index (χ3v) is 7.40. The number of hydrogen-bond acceptors (Lipinski definition) is 9. The van der Waals surface area contributed by atoms with Crippen LogP contribution in [0.25, 0.3) is 0 Å². The molecule has 0 unspecified atom stereocenters. The van der Waals surface area contributed by atoms with Crippen LogP contribution in [-0.2, 0) is 9.59 Å². The quantitative estimate of drug-likeness (QED) is 0.113. The summed E-state index contributed by atoms with van der Waals surface area (Å²) in [7, 11) is 0. The number of fused-ring (bicyclic) bond motifs is 1. The van der Waals surface area contributed by atoms with Gasteiger partial charge in [0.25, 0.3) is 29.1 Å². The van der Waals surface area contributed by atoms with E-state index in [2.05, 4.69) is 0 Å². The second-order valence-electron chi connectivity index (χ2n) is 10.1. The van der Waals surface area contributed by atoms with Gasteiger partial charge >= 0.3 is 0 Å². The highest BCUT2D eigenvalue weighted by Gasteiger charge is 2.53. The fourth-order valence-electron chi connectivity index (χ4n) is 5.19. The van der Waals surface area contributed by atoms with Gasteiger partial charge in [-0.15, -0.1) is 0 Å². The molecule has 0 bridgehead atoms. The molecule has 3 amide bonds. The van der Waals surface area contributed by atoms with Crippen LogP contribution in [0.4, 0.5) is 11.4 Å². The molecule has 0 N–H and O–H groups in total. The summed E-state index contributed by atoms with van der Waals surface area (Å²) >= 11 is 0. The van der Waals surface area contributed by atoms with Crippen molar-refractivity contribution in [2.75, 3.05) is 6.54 Å². The summed E-state index contributed by atoms with van der Waals surface area (Å²) in [6.07, 6.45) is 3.97. The van der Waals surface area contributed by atoms with Crippen molar-refractivity contribution < 1.29 is 33.8 Å². The minimum atomic E-state index is -0.845. The molecular weight excluding hydrogens is 560 g/mol. The number of benzene rings is 3. The Kier molecular flexibility index (Phi) is 7.80. The number of nitro groups is 2. The predicted octanol–water partition coefficient (Wildman–Crippen LogP) is 4.73. The van der Waals surface area contributed by atoms with Crippen molar-refractivity contribution >= 4 is 34.9 Å². The SMILES string of the molecule is C[C@@H]1C=CC[C@@H]2C(=O)N(N(CC(=O)c3ccc(Oc4ccc([N+](=O)[O-])cc4)cc3)C(=O)c3ccc([N+](=O)[O-])cc3)C(=O)[C@@H]12. The van der Waals surface area contributed by atoms with Gasteiger partial charge < -0.3 is 4.74 Å². The van der Waals surface area contributed by atoms with Crippen LogP contribution >= 0.6 is 0 Å². The first kappa shape index (κ1) is 28.8. The van der Waals surface area contributed by atoms with Crippen molar-refractivity contribution in [2.24, 2.45) is 17.8 Å². The number of hydrogen-bond donors (Lipinski definition) is 0.